The fraction of sp³-hybridized carbons (Fsp3) is 0.409. The molecule has 4 atom stereocenters. The average molecular weight is 476 g/mol. The molecule has 4 unspecified atom stereocenters. The van der Waals surface area contributed by atoms with Crippen LogP contribution in [0.5, 0.6) is 0 Å². The number of carbonyl (C=O) groups is 5. The van der Waals surface area contributed by atoms with Gasteiger partial charge >= 0.3 is 11.9 Å². The first kappa shape index (κ1) is 26.3. The van der Waals surface area contributed by atoms with E-state index in [0.717, 1.165) is 10.9 Å². The van der Waals surface area contributed by atoms with Gasteiger partial charge in [-0.05, 0) is 31.9 Å². The van der Waals surface area contributed by atoms with Crippen molar-refractivity contribution in [2.24, 2.45) is 5.73 Å². The molecule has 0 aliphatic carbocycles. The largest absolute Gasteiger partial charge is 0.481 e. The Morgan fingerprint density at radius 3 is 2.21 bits per heavy atom. The second-order valence-electron chi connectivity index (χ2n) is 7.98. The number of rotatable bonds is 12. The highest BCUT2D eigenvalue weighted by atomic mass is 16.4. The molecule has 0 saturated heterocycles. The number of carbonyl (C=O) groups excluding carboxylic acids is 3. The van der Waals surface area contributed by atoms with Crippen molar-refractivity contribution < 1.29 is 34.2 Å². The van der Waals surface area contributed by atoms with Gasteiger partial charge in [0, 0.05) is 29.9 Å². The molecule has 0 radical (unpaired) electrons. The number of carboxylic acid groups (broad SMARTS) is 2. The standard InChI is InChI=1S/C22H29N5O7/c1-11(23)19(30)25-12(2)20(31)26-16(7-8-18(28)29)21(32)27-17(22(33)34)9-13-10-24-15-6-4-3-5-14(13)15/h3-6,10-12,16-17,24H,7-9,23H2,1-2H3,(H,25,30)(H,26,31)(H,27,32)(H,28,29)(H,33,34). The van der Waals surface area contributed by atoms with Crippen LogP contribution in [0.15, 0.2) is 30.5 Å². The molecule has 1 heterocycles. The van der Waals surface area contributed by atoms with Crippen molar-refractivity contribution in [2.45, 2.75) is 57.3 Å². The molecule has 0 bridgehead atoms. The second-order valence-corrected chi connectivity index (χ2v) is 7.98. The molecule has 1 aromatic heterocycles. The quantitative estimate of drug-likeness (QED) is 0.212. The third-order valence-electron chi connectivity index (χ3n) is 5.16. The van der Waals surface area contributed by atoms with Gasteiger partial charge in [0.15, 0.2) is 0 Å². The van der Waals surface area contributed by atoms with E-state index in [-0.39, 0.29) is 12.8 Å². The van der Waals surface area contributed by atoms with Crippen LogP contribution < -0.4 is 21.7 Å². The van der Waals surface area contributed by atoms with Crippen LogP contribution in [0, 0.1) is 0 Å². The first-order valence-electron chi connectivity index (χ1n) is 10.7. The number of aliphatic carboxylic acids is 2. The molecular weight excluding hydrogens is 446 g/mol. The van der Waals surface area contributed by atoms with Crippen LogP contribution in [0.1, 0.15) is 32.3 Å². The Bertz CT molecular complexity index is 1060. The molecular formula is C22H29N5O7. The third kappa shape index (κ3) is 7.30. The molecule has 0 spiro atoms. The summed E-state index contributed by atoms with van der Waals surface area (Å²) in [6.45, 7) is 2.81. The van der Waals surface area contributed by atoms with E-state index in [0.29, 0.717) is 5.56 Å². The molecule has 0 saturated carbocycles. The highest BCUT2D eigenvalue weighted by Gasteiger charge is 2.29. The van der Waals surface area contributed by atoms with Gasteiger partial charge in [0.05, 0.1) is 6.04 Å². The molecule has 0 aliphatic heterocycles. The van der Waals surface area contributed by atoms with Crippen molar-refractivity contribution in [3.63, 3.8) is 0 Å². The van der Waals surface area contributed by atoms with Crippen LogP contribution in [0.2, 0.25) is 0 Å². The molecule has 2 aromatic rings. The number of para-hydroxylation sites is 1. The van der Waals surface area contributed by atoms with Crippen LogP contribution in [-0.4, -0.2) is 69.0 Å². The van der Waals surface area contributed by atoms with Gasteiger partial charge in [-0.15, -0.1) is 0 Å². The number of nitrogens with one attached hydrogen (secondary N) is 4. The summed E-state index contributed by atoms with van der Waals surface area (Å²) in [5, 5.41) is 26.6. The molecule has 184 valence electrons. The van der Waals surface area contributed by atoms with E-state index in [9.17, 15) is 29.1 Å². The van der Waals surface area contributed by atoms with Gasteiger partial charge in [-0.2, -0.15) is 0 Å². The summed E-state index contributed by atoms with van der Waals surface area (Å²) in [5.41, 5.74) is 6.93. The molecule has 2 rings (SSSR count). The summed E-state index contributed by atoms with van der Waals surface area (Å²) < 4.78 is 0. The smallest absolute Gasteiger partial charge is 0.326 e. The molecule has 12 heteroatoms. The predicted octanol–water partition coefficient (Wildman–Crippen LogP) is -0.519. The summed E-state index contributed by atoms with van der Waals surface area (Å²) in [6, 6.07) is 2.70. The molecule has 0 aliphatic rings. The number of amides is 3. The maximum Gasteiger partial charge on any atom is 0.326 e. The molecule has 0 fully saturated rings. The Labute approximate surface area is 195 Å². The summed E-state index contributed by atoms with van der Waals surface area (Å²) >= 11 is 0. The summed E-state index contributed by atoms with van der Waals surface area (Å²) in [5.74, 6) is -4.67. The minimum atomic E-state index is -1.33. The highest BCUT2D eigenvalue weighted by Crippen LogP contribution is 2.19. The van der Waals surface area contributed by atoms with E-state index in [1.807, 2.05) is 18.2 Å². The fourth-order valence-corrected chi connectivity index (χ4v) is 3.24. The highest BCUT2D eigenvalue weighted by molar-refractivity contribution is 5.94. The fourth-order valence-electron chi connectivity index (χ4n) is 3.24. The van der Waals surface area contributed by atoms with Crippen molar-refractivity contribution in [3.05, 3.63) is 36.0 Å². The average Bonchev–Trinajstić information content (AvgIpc) is 3.18. The lowest BCUT2D eigenvalue weighted by Crippen LogP contribution is -2.56. The van der Waals surface area contributed by atoms with Crippen molar-refractivity contribution in [2.75, 3.05) is 0 Å². The van der Waals surface area contributed by atoms with E-state index >= 15 is 0 Å². The topological polar surface area (TPSA) is 204 Å². The van der Waals surface area contributed by atoms with Crippen molar-refractivity contribution in [1.82, 2.24) is 20.9 Å². The number of aromatic nitrogens is 1. The maximum atomic E-state index is 12.9. The van der Waals surface area contributed by atoms with Gasteiger partial charge in [-0.3, -0.25) is 19.2 Å². The number of hydrogen-bond donors (Lipinski definition) is 7. The molecule has 12 nitrogen and oxygen atoms in total. The van der Waals surface area contributed by atoms with Crippen LogP contribution in [0.4, 0.5) is 0 Å². The van der Waals surface area contributed by atoms with Gasteiger partial charge in [0.2, 0.25) is 17.7 Å². The Morgan fingerprint density at radius 2 is 1.59 bits per heavy atom. The second kappa shape index (κ2) is 11.8. The Balaban J connectivity index is 2.13. The van der Waals surface area contributed by atoms with Gasteiger partial charge in [0.1, 0.15) is 18.1 Å². The van der Waals surface area contributed by atoms with E-state index in [1.54, 1.807) is 12.3 Å². The van der Waals surface area contributed by atoms with Gasteiger partial charge in [-0.1, -0.05) is 18.2 Å². The van der Waals surface area contributed by atoms with E-state index in [4.69, 9.17) is 10.8 Å². The number of benzene rings is 1. The van der Waals surface area contributed by atoms with Crippen LogP contribution in [-0.2, 0) is 30.4 Å². The number of fused-ring (bicyclic) bond motifs is 1. The number of H-pyrrole nitrogens is 1. The first-order chi connectivity index (χ1) is 16.0. The summed E-state index contributed by atoms with van der Waals surface area (Å²) in [6.07, 6.45) is 0.893. The molecule has 8 N–H and O–H groups in total. The zero-order valence-electron chi connectivity index (χ0n) is 18.8. The van der Waals surface area contributed by atoms with Crippen LogP contribution >= 0.6 is 0 Å². The maximum absolute atomic E-state index is 12.9. The lowest BCUT2D eigenvalue weighted by Gasteiger charge is -2.23. The number of hydrogen-bond acceptors (Lipinski definition) is 6. The molecule has 1 aromatic carbocycles. The summed E-state index contributed by atoms with van der Waals surface area (Å²) in [4.78, 5) is 62.9. The normalized spacial score (nSPS) is 14.4. The Hall–Kier alpha value is -3.93. The predicted molar refractivity (Wildman–Crippen MR) is 122 cm³/mol. The van der Waals surface area contributed by atoms with Crippen molar-refractivity contribution in [3.8, 4) is 0 Å². The first-order valence-corrected chi connectivity index (χ1v) is 10.7. The lowest BCUT2D eigenvalue weighted by molar-refractivity contribution is -0.143. The summed E-state index contributed by atoms with van der Waals surface area (Å²) in [7, 11) is 0. The van der Waals surface area contributed by atoms with E-state index in [1.165, 1.54) is 13.8 Å². The molecule has 34 heavy (non-hydrogen) atoms. The zero-order valence-corrected chi connectivity index (χ0v) is 18.8. The van der Waals surface area contributed by atoms with Crippen LogP contribution in [0.3, 0.4) is 0 Å². The minimum Gasteiger partial charge on any atom is -0.481 e. The third-order valence-corrected chi connectivity index (χ3v) is 5.16. The zero-order chi connectivity index (χ0) is 25.4. The minimum absolute atomic E-state index is 0.0362. The Morgan fingerprint density at radius 1 is 0.941 bits per heavy atom. The van der Waals surface area contributed by atoms with Gasteiger partial charge in [0.25, 0.3) is 0 Å². The number of carboxylic acids is 2. The van der Waals surface area contributed by atoms with E-state index in [2.05, 4.69) is 20.9 Å². The lowest BCUT2D eigenvalue weighted by atomic mass is 10.0. The number of aromatic amines is 1. The Kier molecular flexibility index (Phi) is 9.13. The van der Waals surface area contributed by atoms with Crippen LogP contribution in [0.25, 0.3) is 10.9 Å². The SMILES string of the molecule is CC(N)C(=O)NC(C)C(=O)NC(CCC(=O)O)C(=O)NC(Cc1c[nH]c2ccccc12)C(=O)O. The van der Waals surface area contributed by atoms with Crippen molar-refractivity contribution in [1.29, 1.82) is 0 Å². The van der Waals surface area contributed by atoms with Crippen molar-refractivity contribution >= 4 is 40.6 Å². The van der Waals surface area contributed by atoms with Gasteiger partial charge < -0.3 is 36.9 Å². The monoisotopic (exact) mass is 475 g/mol. The van der Waals surface area contributed by atoms with E-state index < -0.39 is 60.2 Å². The number of nitrogens with two attached hydrogens (primary N) is 1. The van der Waals surface area contributed by atoms with Gasteiger partial charge in [-0.25, -0.2) is 4.79 Å². The molecule has 3 amide bonds.